The number of amides is 1. The van der Waals surface area contributed by atoms with Gasteiger partial charge in [-0.2, -0.15) is 0 Å². The molecule has 1 aromatic carbocycles. The molecule has 1 fully saturated rings. The van der Waals surface area contributed by atoms with E-state index in [9.17, 15) is 19.3 Å². The number of carbonyl (C=O) groups excluding carboxylic acids is 1. The highest BCUT2D eigenvalue weighted by Gasteiger charge is 2.23. The van der Waals surface area contributed by atoms with Crippen LogP contribution < -0.4 is 10.6 Å². The van der Waals surface area contributed by atoms with Crippen LogP contribution in [-0.2, 0) is 0 Å². The van der Waals surface area contributed by atoms with Crippen LogP contribution in [-0.4, -0.2) is 30.0 Å². The van der Waals surface area contributed by atoms with Gasteiger partial charge in [0.15, 0.2) is 0 Å². The van der Waals surface area contributed by atoms with Crippen LogP contribution in [0, 0.1) is 15.9 Å². The molecule has 20 heavy (non-hydrogen) atoms. The zero-order chi connectivity index (χ0) is 14.5. The van der Waals surface area contributed by atoms with Crippen LogP contribution in [0.4, 0.5) is 10.1 Å². The van der Waals surface area contributed by atoms with Crippen LogP contribution >= 0.6 is 0 Å². The Morgan fingerprint density at radius 3 is 3.00 bits per heavy atom. The highest BCUT2D eigenvalue weighted by atomic mass is 19.1. The van der Waals surface area contributed by atoms with Gasteiger partial charge in [-0.25, -0.2) is 4.39 Å². The lowest BCUT2D eigenvalue weighted by molar-refractivity contribution is -0.385. The molecular weight excluding hydrogens is 265 g/mol. The first-order valence-corrected chi connectivity index (χ1v) is 6.53. The molecule has 0 saturated carbocycles. The van der Waals surface area contributed by atoms with Crippen molar-refractivity contribution in [1.82, 2.24) is 10.6 Å². The number of nitrogens with zero attached hydrogens (tertiary/aromatic N) is 1. The van der Waals surface area contributed by atoms with Crippen molar-refractivity contribution in [3.63, 3.8) is 0 Å². The maximum absolute atomic E-state index is 13.2. The molecule has 108 valence electrons. The number of carbonyl (C=O) groups is 1. The molecule has 1 atom stereocenters. The lowest BCUT2D eigenvalue weighted by atomic mass is 10.1. The maximum atomic E-state index is 13.2. The van der Waals surface area contributed by atoms with Gasteiger partial charge in [-0.15, -0.1) is 0 Å². The largest absolute Gasteiger partial charge is 0.348 e. The van der Waals surface area contributed by atoms with E-state index in [4.69, 9.17) is 0 Å². The molecule has 1 saturated heterocycles. The van der Waals surface area contributed by atoms with E-state index in [1.807, 2.05) is 0 Å². The van der Waals surface area contributed by atoms with Crippen LogP contribution in [0.3, 0.4) is 0 Å². The lowest BCUT2D eigenvalue weighted by Gasteiger charge is -2.16. The zero-order valence-corrected chi connectivity index (χ0v) is 10.9. The van der Waals surface area contributed by atoms with Crippen LogP contribution in [0.2, 0.25) is 0 Å². The number of nitro groups is 1. The fourth-order valence-electron chi connectivity index (χ4n) is 2.25. The molecule has 0 aliphatic carbocycles. The molecule has 0 radical (unpaired) electrons. The minimum atomic E-state index is -0.681. The van der Waals surface area contributed by atoms with Crippen LogP contribution in [0.1, 0.15) is 29.6 Å². The summed E-state index contributed by atoms with van der Waals surface area (Å²) in [4.78, 5) is 22.3. The van der Waals surface area contributed by atoms with Crippen molar-refractivity contribution in [3.8, 4) is 0 Å². The van der Waals surface area contributed by atoms with Gasteiger partial charge in [-0.3, -0.25) is 14.9 Å². The second-order valence-corrected chi connectivity index (χ2v) is 4.79. The Bertz CT molecular complexity index is 514. The standard InChI is InChI=1S/C13H16FN3O3/c14-9-4-5-12(17(19)20)11(7-9)13(18)16-10-3-1-2-6-15-8-10/h4-5,7,10,15H,1-3,6,8H2,(H,16,18). The fourth-order valence-corrected chi connectivity index (χ4v) is 2.25. The lowest BCUT2D eigenvalue weighted by Crippen LogP contribution is -2.41. The molecule has 0 bridgehead atoms. The van der Waals surface area contributed by atoms with Crippen molar-refractivity contribution < 1.29 is 14.1 Å². The third-order valence-electron chi connectivity index (χ3n) is 3.28. The normalized spacial score (nSPS) is 19.1. The van der Waals surface area contributed by atoms with E-state index in [0.29, 0.717) is 6.54 Å². The van der Waals surface area contributed by atoms with Gasteiger partial charge in [0.25, 0.3) is 11.6 Å². The van der Waals surface area contributed by atoms with Crippen molar-refractivity contribution >= 4 is 11.6 Å². The number of hydrogen-bond acceptors (Lipinski definition) is 4. The number of nitrogens with one attached hydrogen (secondary N) is 2. The van der Waals surface area contributed by atoms with Gasteiger partial charge < -0.3 is 10.6 Å². The van der Waals surface area contributed by atoms with E-state index < -0.39 is 16.6 Å². The van der Waals surface area contributed by atoms with E-state index >= 15 is 0 Å². The van der Waals surface area contributed by atoms with Gasteiger partial charge in [-0.1, -0.05) is 6.42 Å². The Balaban J connectivity index is 2.15. The van der Waals surface area contributed by atoms with E-state index in [0.717, 1.165) is 44.0 Å². The Hall–Kier alpha value is -2.02. The van der Waals surface area contributed by atoms with E-state index in [1.165, 1.54) is 0 Å². The van der Waals surface area contributed by atoms with Crippen molar-refractivity contribution in [2.75, 3.05) is 13.1 Å². The van der Waals surface area contributed by atoms with Crippen LogP contribution in [0.25, 0.3) is 0 Å². The summed E-state index contributed by atoms with van der Waals surface area (Å²) in [5.74, 6) is -1.27. The predicted molar refractivity (Wildman–Crippen MR) is 71.0 cm³/mol. The summed E-state index contributed by atoms with van der Waals surface area (Å²) in [5, 5.41) is 16.8. The number of nitro benzene ring substituents is 1. The summed E-state index contributed by atoms with van der Waals surface area (Å²) in [5.41, 5.74) is -0.621. The molecule has 1 aliphatic heterocycles. The third-order valence-corrected chi connectivity index (χ3v) is 3.28. The predicted octanol–water partition coefficient (Wildman–Crippen LogP) is 1.61. The fraction of sp³-hybridized carbons (Fsp3) is 0.462. The second-order valence-electron chi connectivity index (χ2n) is 4.79. The summed E-state index contributed by atoms with van der Waals surface area (Å²) in [6.07, 6.45) is 2.82. The van der Waals surface area contributed by atoms with Gasteiger partial charge in [0.05, 0.1) is 4.92 Å². The second kappa shape index (κ2) is 6.42. The molecule has 1 unspecified atom stereocenters. The summed E-state index contributed by atoms with van der Waals surface area (Å²) in [6.45, 7) is 1.52. The first-order chi connectivity index (χ1) is 9.58. The number of benzene rings is 1. The Morgan fingerprint density at radius 2 is 2.25 bits per heavy atom. The van der Waals surface area contributed by atoms with Gasteiger partial charge >= 0.3 is 0 Å². The molecule has 1 heterocycles. The quantitative estimate of drug-likeness (QED) is 0.651. The minimum absolute atomic E-state index is 0.0899. The summed E-state index contributed by atoms with van der Waals surface area (Å²) in [7, 11) is 0. The molecule has 0 spiro atoms. The van der Waals surface area contributed by atoms with Crippen molar-refractivity contribution in [2.45, 2.75) is 25.3 Å². The maximum Gasteiger partial charge on any atom is 0.282 e. The molecule has 2 N–H and O–H groups in total. The molecule has 1 aromatic rings. The average Bonchev–Trinajstić information content (AvgIpc) is 2.66. The van der Waals surface area contributed by atoms with Gasteiger partial charge in [0, 0.05) is 18.7 Å². The molecule has 1 amide bonds. The van der Waals surface area contributed by atoms with E-state index in [1.54, 1.807) is 0 Å². The first kappa shape index (κ1) is 14.4. The summed E-state index contributed by atoms with van der Waals surface area (Å²) >= 11 is 0. The molecule has 7 heteroatoms. The third kappa shape index (κ3) is 3.51. The number of halogens is 1. The Morgan fingerprint density at radius 1 is 1.45 bits per heavy atom. The van der Waals surface area contributed by atoms with E-state index in [-0.39, 0.29) is 17.3 Å². The smallest absolute Gasteiger partial charge is 0.282 e. The zero-order valence-electron chi connectivity index (χ0n) is 10.9. The topological polar surface area (TPSA) is 84.3 Å². The Kier molecular flexibility index (Phi) is 4.62. The molecule has 1 aliphatic rings. The molecule has 0 aromatic heterocycles. The SMILES string of the molecule is O=C(NC1CCCCNC1)c1cc(F)ccc1[N+](=O)[O-]. The highest BCUT2D eigenvalue weighted by molar-refractivity contribution is 5.98. The van der Waals surface area contributed by atoms with Crippen LogP contribution in [0.15, 0.2) is 18.2 Å². The molecule has 2 rings (SSSR count). The van der Waals surface area contributed by atoms with Crippen LogP contribution in [0.5, 0.6) is 0 Å². The van der Waals surface area contributed by atoms with Crippen molar-refractivity contribution in [3.05, 3.63) is 39.7 Å². The highest BCUT2D eigenvalue weighted by Crippen LogP contribution is 2.19. The average molecular weight is 281 g/mol. The summed E-state index contributed by atoms with van der Waals surface area (Å²) < 4.78 is 13.2. The monoisotopic (exact) mass is 281 g/mol. The van der Waals surface area contributed by atoms with Crippen molar-refractivity contribution in [1.29, 1.82) is 0 Å². The number of rotatable bonds is 3. The molecule has 6 nitrogen and oxygen atoms in total. The first-order valence-electron chi connectivity index (χ1n) is 6.53. The van der Waals surface area contributed by atoms with Gasteiger partial charge in [0.2, 0.25) is 0 Å². The Labute approximate surface area is 115 Å². The van der Waals surface area contributed by atoms with E-state index in [2.05, 4.69) is 10.6 Å². The van der Waals surface area contributed by atoms with Crippen molar-refractivity contribution in [2.24, 2.45) is 0 Å². The number of hydrogen-bond donors (Lipinski definition) is 2. The van der Waals surface area contributed by atoms with Gasteiger partial charge in [0.1, 0.15) is 11.4 Å². The minimum Gasteiger partial charge on any atom is -0.348 e. The van der Waals surface area contributed by atoms with Gasteiger partial charge in [-0.05, 0) is 31.5 Å². The molecular formula is C13H16FN3O3. The summed E-state index contributed by atoms with van der Waals surface area (Å²) in [6, 6.07) is 2.79.